The van der Waals surface area contributed by atoms with Gasteiger partial charge in [-0.3, -0.25) is 4.90 Å². The average molecular weight is 322 g/mol. The fraction of sp³-hybridized carbons (Fsp3) is 0.647. The minimum atomic E-state index is -3.41. The second-order valence-electron chi connectivity index (χ2n) is 6.49. The first kappa shape index (κ1) is 16.0. The zero-order valence-electron chi connectivity index (χ0n) is 13.1. The summed E-state index contributed by atoms with van der Waals surface area (Å²) < 4.78 is 28.2. The topological polar surface area (TPSA) is 49.4 Å². The summed E-state index contributed by atoms with van der Waals surface area (Å²) in [5.74, 6) is 0. The van der Waals surface area contributed by atoms with Crippen LogP contribution in [0.1, 0.15) is 44.9 Å². The van der Waals surface area contributed by atoms with Gasteiger partial charge in [0.25, 0.3) is 0 Å². The van der Waals surface area contributed by atoms with Crippen molar-refractivity contribution >= 4 is 10.0 Å². The molecule has 1 aromatic rings. The molecule has 2 aliphatic rings. The van der Waals surface area contributed by atoms with Gasteiger partial charge >= 0.3 is 0 Å². The Balaban J connectivity index is 1.73. The first-order valence-electron chi connectivity index (χ1n) is 8.48. The number of nitrogens with zero attached hydrogens (tertiary/aromatic N) is 1. The van der Waals surface area contributed by atoms with Crippen LogP contribution in [-0.4, -0.2) is 38.5 Å². The maximum atomic E-state index is 12.6. The SMILES string of the molecule is O=S(=O)(N[C@H]1CCCC[C@H]1N1CCCCC1)c1ccccc1. The highest BCUT2D eigenvalue weighted by Crippen LogP contribution is 2.27. The largest absolute Gasteiger partial charge is 0.299 e. The molecule has 0 amide bonds. The van der Waals surface area contributed by atoms with Crippen molar-refractivity contribution in [3.8, 4) is 0 Å². The summed E-state index contributed by atoms with van der Waals surface area (Å²) in [7, 11) is -3.41. The molecule has 2 fully saturated rings. The predicted octanol–water partition coefficient (Wildman–Crippen LogP) is 2.76. The van der Waals surface area contributed by atoms with Crippen molar-refractivity contribution in [2.45, 2.75) is 61.9 Å². The van der Waals surface area contributed by atoms with Gasteiger partial charge in [-0.2, -0.15) is 0 Å². The number of hydrogen-bond acceptors (Lipinski definition) is 3. The Bertz CT molecular complexity index is 568. The van der Waals surface area contributed by atoms with Crippen molar-refractivity contribution in [2.75, 3.05) is 13.1 Å². The molecule has 1 saturated heterocycles. The number of benzene rings is 1. The van der Waals surface area contributed by atoms with E-state index in [1.165, 1.54) is 25.7 Å². The van der Waals surface area contributed by atoms with Crippen LogP contribution in [0.4, 0.5) is 0 Å². The van der Waals surface area contributed by atoms with E-state index in [2.05, 4.69) is 9.62 Å². The highest BCUT2D eigenvalue weighted by atomic mass is 32.2. The fourth-order valence-corrected chi connectivity index (χ4v) is 5.13. The molecule has 2 atom stereocenters. The van der Waals surface area contributed by atoms with Crippen LogP contribution in [0.15, 0.2) is 35.2 Å². The maximum Gasteiger partial charge on any atom is 0.240 e. The Labute approximate surface area is 134 Å². The lowest BCUT2D eigenvalue weighted by Gasteiger charge is -2.41. The Morgan fingerprint density at radius 3 is 2.32 bits per heavy atom. The van der Waals surface area contributed by atoms with Gasteiger partial charge in [0.15, 0.2) is 0 Å². The Kier molecular flexibility index (Phi) is 5.16. The zero-order valence-corrected chi connectivity index (χ0v) is 13.9. The van der Waals surface area contributed by atoms with E-state index in [9.17, 15) is 8.42 Å². The third kappa shape index (κ3) is 3.70. The van der Waals surface area contributed by atoms with Crippen molar-refractivity contribution in [3.63, 3.8) is 0 Å². The third-order valence-corrected chi connectivity index (χ3v) is 6.46. The van der Waals surface area contributed by atoms with Crippen LogP contribution in [0.3, 0.4) is 0 Å². The normalized spacial score (nSPS) is 27.6. The zero-order chi connectivity index (χ0) is 15.4. The average Bonchev–Trinajstić information content (AvgIpc) is 2.57. The molecule has 4 nitrogen and oxygen atoms in total. The summed E-state index contributed by atoms with van der Waals surface area (Å²) in [6.07, 6.45) is 8.19. The minimum Gasteiger partial charge on any atom is -0.299 e. The number of likely N-dealkylation sites (tertiary alicyclic amines) is 1. The summed E-state index contributed by atoms with van der Waals surface area (Å²) in [5, 5.41) is 0. The molecule has 5 heteroatoms. The number of rotatable bonds is 4. The standard InChI is InChI=1S/C17H26N2O2S/c20-22(21,15-9-3-1-4-10-15)18-16-11-5-6-12-17(16)19-13-7-2-8-14-19/h1,3-4,9-10,16-18H,2,5-8,11-14H2/t16-,17+/m0/s1. The minimum absolute atomic E-state index is 0.0528. The van der Waals surface area contributed by atoms with Crippen LogP contribution in [0.25, 0.3) is 0 Å². The van der Waals surface area contributed by atoms with Crippen molar-refractivity contribution in [3.05, 3.63) is 30.3 Å². The van der Waals surface area contributed by atoms with Crippen LogP contribution in [0, 0.1) is 0 Å². The molecule has 22 heavy (non-hydrogen) atoms. The first-order chi connectivity index (χ1) is 10.7. The highest BCUT2D eigenvalue weighted by Gasteiger charge is 2.33. The van der Waals surface area contributed by atoms with Crippen molar-refractivity contribution in [2.24, 2.45) is 0 Å². The highest BCUT2D eigenvalue weighted by molar-refractivity contribution is 7.89. The molecule has 1 aliphatic carbocycles. The van der Waals surface area contributed by atoms with Crippen LogP contribution >= 0.6 is 0 Å². The molecule has 0 spiro atoms. The number of sulfonamides is 1. The van der Waals surface area contributed by atoms with Crippen LogP contribution in [0.5, 0.6) is 0 Å². The van der Waals surface area contributed by atoms with Gasteiger partial charge in [0.2, 0.25) is 10.0 Å². The van der Waals surface area contributed by atoms with Crippen LogP contribution in [0.2, 0.25) is 0 Å². The van der Waals surface area contributed by atoms with Gasteiger partial charge in [-0.25, -0.2) is 13.1 Å². The van der Waals surface area contributed by atoms with Gasteiger partial charge < -0.3 is 0 Å². The molecule has 0 aromatic heterocycles. The van der Waals surface area contributed by atoms with Gasteiger partial charge in [-0.1, -0.05) is 37.5 Å². The van der Waals surface area contributed by atoms with E-state index in [0.29, 0.717) is 10.9 Å². The van der Waals surface area contributed by atoms with Crippen molar-refractivity contribution in [1.29, 1.82) is 0 Å². The first-order valence-corrected chi connectivity index (χ1v) is 9.96. The second kappa shape index (κ2) is 7.11. The van der Waals surface area contributed by atoms with E-state index >= 15 is 0 Å². The van der Waals surface area contributed by atoms with Gasteiger partial charge in [0.1, 0.15) is 0 Å². The molecule has 0 unspecified atom stereocenters. The summed E-state index contributed by atoms with van der Waals surface area (Å²) >= 11 is 0. The van der Waals surface area contributed by atoms with Crippen LogP contribution in [-0.2, 0) is 10.0 Å². The maximum absolute atomic E-state index is 12.6. The summed E-state index contributed by atoms with van der Waals surface area (Å²) in [5.41, 5.74) is 0. The van der Waals surface area contributed by atoms with Gasteiger partial charge in [0, 0.05) is 12.1 Å². The molecule has 1 aliphatic heterocycles. The quantitative estimate of drug-likeness (QED) is 0.927. The Hall–Kier alpha value is -0.910. The van der Waals surface area contributed by atoms with Gasteiger partial charge in [-0.15, -0.1) is 0 Å². The molecular weight excluding hydrogens is 296 g/mol. The lowest BCUT2D eigenvalue weighted by molar-refractivity contribution is 0.109. The van der Waals surface area contributed by atoms with E-state index in [1.807, 2.05) is 6.07 Å². The number of nitrogens with one attached hydrogen (secondary N) is 1. The Morgan fingerprint density at radius 2 is 1.59 bits per heavy atom. The molecule has 1 aromatic carbocycles. The predicted molar refractivity (Wildman–Crippen MR) is 88.2 cm³/mol. The van der Waals surface area contributed by atoms with Crippen molar-refractivity contribution < 1.29 is 8.42 Å². The number of hydrogen-bond donors (Lipinski definition) is 1. The lowest BCUT2D eigenvalue weighted by atomic mass is 9.89. The van der Waals surface area contributed by atoms with Crippen LogP contribution < -0.4 is 4.72 Å². The second-order valence-corrected chi connectivity index (χ2v) is 8.20. The van der Waals surface area contributed by atoms with E-state index in [0.717, 1.165) is 32.4 Å². The monoisotopic (exact) mass is 322 g/mol. The molecule has 1 heterocycles. The molecule has 1 N–H and O–H groups in total. The molecule has 122 valence electrons. The van der Waals surface area contributed by atoms with E-state index in [-0.39, 0.29) is 6.04 Å². The summed E-state index contributed by atoms with van der Waals surface area (Å²) in [6.45, 7) is 2.24. The van der Waals surface area contributed by atoms with Crippen molar-refractivity contribution in [1.82, 2.24) is 9.62 Å². The molecule has 1 saturated carbocycles. The van der Waals surface area contributed by atoms with Gasteiger partial charge in [0.05, 0.1) is 4.90 Å². The summed E-state index contributed by atoms with van der Waals surface area (Å²) in [6, 6.07) is 9.15. The van der Waals surface area contributed by atoms with E-state index in [4.69, 9.17) is 0 Å². The summed E-state index contributed by atoms with van der Waals surface area (Å²) in [4.78, 5) is 2.89. The fourth-order valence-electron chi connectivity index (χ4n) is 3.80. The Morgan fingerprint density at radius 1 is 0.909 bits per heavy atom. The molecule has 3 rings (SSSR count). The smallest absolute Gasteiger partial charge is 0.240 e. The van der Waals surface area contributed by atoms with E-state index in [1.54, 1.807) is 24.3 Å². The molecule has 0 bridgehead atoms. The lowest BCUT2D eigenvalue weighted by Crippen LogP contribution is -2.54. The van der Waals surface area contributed by atoms with Gasteiger partial charge in [-0.05, 0) is 50.9 Å². The molecule has 0 radical (unpaired) electrons. The molecular formula is C17H26N2O2S. The third-order valence-electron chi connectivity index (χ3n) is 4.95. The van der Waals surface area contributed by atoms with E-state index < -0.39 is 10.0 Å². The number of piperidine rings is 1.